The molecule has 0 fully saturated rings. The van der Waals surface area contributed by atoms with E-state index in [9.17, 15) is 14.7 Å². The first-order valence-electron chi connectivity index (χ1n) is 10.3. The van der Waals surface area contributed by atoms with Crippen molar-refractivity contribution in [2.75, 3.05) is 26.4 Å². The smallest absolute Gasteiger partial charge is 0.338 e. The minimum Gasteiger partial charge on any atom is -0.508 e. The van der Waals surface area contributed by atoms with Gasteiger partial charge in [0.1, 0.15) is 19.0 Å². The van der Waals surface area contributed by atoms with Crippen molar-refractivity contribution in [1.29, 1.82) is 0 Å². The van der Waals surface area contributed by atoms with Gasteiger partial charge in [0.05, 0.1) is 5.56 Å². The first kappa shape index (κ1) is 21.2. The number of hydrogen-bond acceptors (Lipinski definition) is 6. The number of fused-ring (bicyclic) bond motifs is 1. The van der Waals surface area contributed by atoms with Crippen molar-refractivity contribution in [1.82, 2.24) is 5.32 Å². The van der Waals surface area contributed by atoms with Crippen molar-refractivity contribution < 1.29 is 28.9 Å². The molecule has 0 bridgehead atoms. The summed E-state index contributed by atoms with van der Waals surface area (Å²) in [6.07, 6.45) is 0.620. The highest BCUT2D eigenvalue weighted by Crippen LogP contribution is 2.30. The van der Waals surface area contributed by atoms with Crippen LogP contribution in [0.3, 0.4) is 0 Å². The minimum atomic E-state index is -0.566. The van der Waals surface area contributed by atoms with Crippen LogP contribution in [0.5, 0.6) is 17.2 Å². The SMILES string of the molecule is O=C(COC(=O)c1ccc(-c2ccc(O)cc2)cc1)NCCc1ccc2c(c1)OCCO2. The molecule has 3 aromatic rings. The van der Waals surface area contributed by atoms with Gasteiger partial charge in [-0.05, 0) is 59.5 Å². The molecule has 2 N–H and O–H groups in total. The summed E-state index contributed by atoms with van der Waals surface area (Å²) in [7, 11) is 0. The Morgan fingerprint density at radius 2 is 1.53 bits per heavy atom. The lowest BCUT2D eigenvalue weighted by molar-refractivity contribution is -0.124. The number of nitrogens with one attached hydrogen (secondary N) is 1. The average molecular weight is 433 g/mol. The molecule has 1 heterocycles. The van der Waals surface area contributed by atoms with Crippen LogP contribution in [0.4, 0.5) is 0 Å². The Labute approximate surface area is 185 Å². The van der Waals surface area contributed by atoms with Gasteiger partial charge in [0.25, 0.3) is 5.91 Å². The van der Waals surface area contributed by atoms with Crippen LogP contribution in [-0.2, 0) is 16.0 Å². The highest BCUT2D eigenvalue weighted by molar-refractivity contribution is 5.91. The van der Waals surface area contributed by atoms with Crippen molar-refractivity contribution >= 4 is 11.9 Å². The standard InChI is InChI=1S/C25H23NO6/c27-21-8-6-19(7-9-21)18-2-4-20(5-3-18)25(29)32-16-24(28)26-12-11-17-1-10-22-23(15-17)31-14-13-30-22/h1-10,15,27H,11-14,16H2,(H,26,28). The van der Waals surface area contributed by atoms with E-state index in [-0.39, 0.29) is 18.3 Å². The molecule has 4 rings (SSSR count). The van der Waals surface area contributed by atoms with Crippen LogP contribution in [0.25, 0.3) is 11.1 Å². The van der Waals surface area contributed by atoms with Gasteiger partial charge in [-0.1, -0.05) is 30.3 Å². The van der Waals surface area contributed by atoms with Crippen molar-refractivity contribution in [3.05, 3.63) is 77.9 Å². The molecular weight excluding hydrogens is 410 g/mol. The van der Waals surface area contributed by atoms with Crippen LogP contribution in [0.15, 0.2) is 66.7 Å². The third-order valence-corrected chi connectivity index (χ3v) is 5.00. The summed E-state index contributed by atoms with van der Waals surface area (Å²) >= 11 is 0. The topological polar surface area (TPSA) is 94.1 Å². The Bertz CT molecular complexity index is 1090. The van der Waals surface area contributed by atoms with Crippen LogP contribution in [0.2, 0.25) is 0 Å². The number of esters is 1. The Morgan fingerprint density at radius 3 is 2.25 bits per heavy atom. The molecular formula is C25H23NO6. The highest BCUT2D eigenvalue weighted by Gasteiger charge is 2.13. The van der Waals surface area contributed by atoms with E-state index in [2.05, 4.69) is 5.32 Å². The Balaban J connectivity index is 1.21. The van der Waals surface area contributed by atoms with Crippen LogP contribution in [-0.4, -0.2) is 43.3 Å². The van der Waals surface area contributed by atoms with E-state index in [4.69, 9.17) is 14.2 Å². The molecule has 32 heavy (non-hydrogen) atoms. The summed E-state index contributed by atoms with van der Waals surface area (Å²) in [6.45, 7) is 1.14. The highest BCUT2D eigenvalue weighted by atomic mass is 16.6. The van der Waals surface area contributed by atoms with Gasteiger partial charge in [-0.2, -0.15) is 0 Å². The number of rotatable bonds is 7. The lowest BCUT2D eigenvalue weighted by Crippen LogP contribution is -2.30. The molecule has 0 aromatic heterocycles. The zero-order valence-electron chi connectivity index (χ0n) is 17.4. The molecule has 0 atom stereocenters. The molecule has 7 heteroatoms. The third-order valence-electron chi connectivity index (χ3n) is 5.00. The molecule has 0 radical (unpaired) electrons. The van der Waals surface area contributed by atoms with Gasteiger partial charge in [-0.3, -0.25) is 4.79 Å². The number of carbonyl (C=O) groups is 2. The van der Waals surface area contributed by atoms with Crippen LogP contribution < -0.4 is 14.8 Å². The maximum Gasteiger partial charge on any atom is 0.338 e. The average Bonchev–Trinajstić information content (AvgIpc) is 2.83. The summed E-state index contributed by atoms with van der Waals surface area (Å²) in [6, 6.07) is 19.3. The molecule has 1 aliphatic heterocycles. The first-order chi connectivity index (χ1) is 15.6. The second kappa shape index (κ2) is 9.87. The maximum atomic E-state index is 12.2. The third kappa shape index (κ3) is 5.37. The molecule has 0 unspecified atom stereocenters. The van der Waals surface area contributed by atoms with E-state index in [1.807, 2.05) is 18.2 Å². The normalized spacial score (nSPS) is 12.1. The summed E-state index contributed by atoms with van der Waals surface area (Å²) < 4.78 is 16.2. The van der Waals surface area contributed by atoms with Gasteiger partial charge in [0.15, 0.2) is 18.1 Å². The fraction of sp³-hybridized carbons (Fsp3) is 0.200. The van der Waals surface area contributed by atoms with Gasteiger partial charge < -0.3 is 24.6 Å². The Kier molecular flexibility index (Phi) is 6.55. The van der Waals surface area contributed by atoms with E-state index >= 15 is 0 Å². The van der Waals surface area contributed by atoms with E-state index in [1.165, 1.54) is 0 Å². The first-order valence-corrected chi connectivity index (χ1v) is 10.3. The van der Waals surface area contributed by atoms with E-state index in [0.29, 0.717) is 37.5 Å². The molecule has 164 valence electrons. The van der Waals surface area contributed by atoms with Gasteiger partial charge >= 0.3 is 5.97 Å². The van der Waals surface area contributed by atoms with Gasteiger partial charge in [-0.15, -0.1) is 0 Å². The molecule has 3 aromatic carbocycles. The molecule has 1 amide bonds. The van der Waals surface area contributed by atoms with Crippen molar-refractivity contribution in [2.45, 2.75) is 6.42 Å². The van der Waals surface area contributed by atoms with Crippen molar-refractivity contribution in [2.24, 2.45) is 0 Å². The number of carbonyl (C=O) groups excluding carboxylic acids is 2. The number of amides is 1. The zero-order chi connectivity index (χ0) is 22.3. The fourth-order valence-corrected chi connectivity index (χ4v) is 3.31. The van der Waals surface area contributed by atoms with E-state index in [1.54, 1.807) is 48.5 Å². The quantitative estimate of drug-likeness (QED) is 0.555. The Morgan fingerprint density at radius 1 is 0.875 bits per heavy atom. The molecule has 0 spiro atoms. The number of benzene rings is 3. The predicted octanol–water partition coefficient (Wildman–Crippen LogP) is 3.35. The zero-order valence-corrected chi connectivity index (χ0v) is 17.4. The van der Waals surface area contributed by atoms with Gasteiger partial charge in [-0.25, -0.2) is 4.79 Å². The molecule has 0 aliphatic carbocycles. The van der Waals surface area contributed by atoms with Crippen LogP contribution in [0.1, 0.15) is 15.9 Å². The van der Waals surface area contributed by atoms with E-state index < -0.39 is 5.97 Å². The lowest BCUT2D eigenvalue weighted by atomic mass is 10.0. The second-order valence-electron chi connectivity index (χ2n) is 7.28. The predicted molar refractivity (Wildman–Crippen MR) is 118 cm³/mol. The Hall–Kier alpha value is -4.00. The number of hydrogen-bond donors (Lipinski definition) is 2. The van der Waals surface area contributed by atoms with Gasteiger partial charge in [0.2, 0.25) is 0 Å². The van der Waals surface area contributed by atoms with Gasteiger partial charge in [0, 0.05) is 6.54 Å². The lowest BCUT2D eigenvalue weighted by Gasteiger charge is -2.18. The number of aromatic hydroxyl groups is 1. The summed E-state index contributed by atoms with van der Waals surface area (Å²) in [5.41, 5.74) is 3.19. The largest absolute Gasteiger partial charge is 0.508 e. The molecule has 7 nitrogen and oxygen atoms in total. The van der Waals surface area contributed by atoms with Crippen molar-refractivity contribution in [3.8, 4) is 28.4 Å². The summed E-state index contributed by atoms with van der Waals surface area (Å²) in [5, 5.41) is 12.1. The molecule has 1 aliphatic rings. The fourth-order valence-electron chi connectivity index (χ4n) is 3.31. The second-order valence-corrected chi connectivity index (χ2v) is 7.28. The molecule has 0 saturated heterocycles. The number of phenolic OH excluding ortho intramolecular Hbond substituents is 1. The number of phenols is 1. The minimum absolute atomic E-state index is 0.193. The summed E-state index contributed by atoms with van der Waals surface area (Å²) in [5.74, 6) is 0.705. The number of ether oxygens (including phenoxy) is 3. The van der Waals surface area contributed by atoms with Crippen LogP contribution in [0, 0.1) is 0 Å². The van der Waals surface area contributed by atoms with Crippen molar-refractivity contribution in [3.63, 3.8) is 0 Å². The molecule has 0 saturated carbocycles. The van der Waals surface area contributed by atoms with E-state index in [0.717, 1.165) is 22.4 Å². The van der Waals surface area contributed by atoms with Crippen LogP contribution >= 0.6 is 0 Å². The monoisotopic (exact) mass is 433 g/mol. The summed E-state index contributed by atoms with van der Waals surface area (Å²) in [4.78, 5) is 24.2. The maximum absolute atomic E-state index is 12.2.